The van der Waals surface area contributed by atoms with Gasteiger partial charge >= 0.3 is 6.09 Å². The summed E-state index contributed by atoms with van der Waals surface area (Å²) in [6.45, 7) is 6.16. The lowest BCUT2D eigenvalue weighted by molar-refractivity contribution is -0.0246. The van der Waals surface area contributed by atoms with E-state index in [0.717, 1.165) is 57.9 Å². The van der Waals surface area contributed by atoms with Gasteiger partial charge in [-0.3, -0.25) is 0 Å². The van der Waals surface area contributed by atoms with E-state index in [1.165, 1.54) is 0 Å². The minimum absolute atomic E-state index is 0.0917. The van der Waals surface area contributed by atoms with E-state index in [1.54, 1.807) is 12.0 Å². The first-order valence-corrected chi connectivity index (χ1v) is 17.0. The van der Waals surface area contributed by atoms with Crippen LogP contribution in [-0.2, 0) is 34.0 Å². The lowest BCUT2D eigenvalue weighted by Crippen LogP contribution is -2.47. The van der Waals surface area contributed by atoms with Crippen LogP contribution in [0, 0.1) is 6.92 Å². The Morgan fingerprint density at radius 1 is 0.816 bits per heavy atom. The summed E-state index contributed by atoms with van der Waals surface area (Å²) in [5.74, 6) is 2.53. The van der Waals surface area contributed by atoms with E-state index in [-0.39, 0.29) is 24.7 Å². The number of carbonyl (C=O) groups is 1. The van der Waals surface area contributed by atoms with Crippen LogP contribution in [0.15, 0.2) is 97.1 Å². The first-order valence-electron chi connectivity index (χ1n) is 17.0. The molecule has 4 aromatic rings. The molecule has 260 valence electrons. The molecule has 2 atom stereocenters. The molecular formula is C40H48N2O7. The third kappa shape index (κ3) is 10.7. The molecule has 1 heterocycles. The lowest BCUT2D eigenvalue weighted by atomic mass is 9.87. The summed E-state index contributed by atoms with van der Waals surface area (Å²) in [4.78, 5) is 14.9. The number of ether oxygens (including phenoxy) is 6. The molecule has 0 radical (unpaired) electrons. The Hall–Kier alpha value is -4.57. The molecule has 1 saturated heterocycles. The van der Waals surface area contributed by atoms with Crippen LogP contribution in [0.5, 0.6) is 17.2 Å². The van der Waals surface area contributed by atoms with Crippen LogP contribution in [-0.4, -0.2) is 63.7 Å². The van der Waals surface area contributed by atoms with E-state index < -0.39 is 0 Å². The summed E-state index contributed by atoms with van der Waals surface area (Å²) in [6.07, 6.45) is 0.941. The number of hydrogen-bond acceptors (Lipinski definition) is 8. The van der Waals surface area contributed by atoms with Gasteiger partial charge in [-0.25, -0.2) is 4.79 Å². The van der Waals surface area contributed by atoms with Gasteiger partial charge in [-0.2, -0.15) is 0 Å². The van der Waals surface area contributed by atoms with Crippen molar-refractivity contribution in [2.24, 2.45) is 5.73 Å². The normalized spacial score (nSPS) is 15.9. The Bertz CT molecular complexity index is 1580. The number of benzene rings is 4. The van der Waals surface area contributed by atoms with Gasteiger partial charge in [0.15, 0.2) is 0 Å². The zero-order chi connectivity index (χ0) is 34.3. The molecule has 1 fully saturated rings. The monoisotopic (exact) mass is 668 g/mol. The van der Waals surface area contributed by atoms with Crippen molar-refractivity contribution in [3.05, 3.63) is 125 Å². The van der Waals surface area contributed by atoms with Gasteiger partial charge in [0, 0.05) is 31.0 Å². The molecule has 5 rings (SSSR count). The van der Waals surface area contributed by atoms with Crippen LogP contribution in [0.2, 0.25) is 0 Å². The molecule has 0 aliphatic carbocycles. The second kappa shape index (κ2) is 18.8. The number of methoxy groups -OCH3 is 1. The maximum Gasteiger partial charge on any atom is 0.410 e. The first kappa shape index (κ1) is 35.7. The van der Waals surface area contributed by atoms with E-state index in [2.05, 4.69) is 12.1 Å². The first-order chi connectivity index (χ1) is 24.0. The fourth-order valence-electron chi connectivity index (χ4n) is 5.87. The Balaban J connectivity index is 1.17. The predicted octanol–water partition coefficient (Wildman–Crippen LogP) is 7.04. The Morgan fingerprint density at radius 2 is 1.61 bits per heavy atom. The highest BCUT2D eigenvalue weighted by molar-refractivity contribution is 5.68. The van der Waals surface area contributed by atoms with Gasteiger partial charge in [-0.15, -0.1) is 0 Å². The van der Waals surface area contributed by atoms with Crippen molar-refractivity contribution in [3.8, 4) is 17.2 Å². The van der Waals surface area contributed by atoms with Crippen LogP contribution in [0.3, 0.4) is 0 Å². The van der Waals surface area contributed by atoms with E-state index in [9.17, 15) is 4.79 Å². The molecular weight excluding hydrogens is 620 g/mol. The average Bonchev–Trinajstić information content (AvgIpc) is 3.15. The van der Waals surface area contributed by atoms with Crippen LogP contribution < -0.4 is 19.9 Å². The molecule has 1 aliphatic rings. The number of para-hydroxylation sites is 1. The topological polar surface area (TPSA) is 102 Å². The molecule has 2 N–H and O–H groups in total. The van der Waals surface area contributed by atoms with E-state index in [4.69, 9.17) is 34.2 Å². The molecule has 0 bridgehead atoms. The van der Waals surface area contributed by atoms with Crippen LogP contribution in [0.4, 0.5) is 4.79 Å². The highest BCUT2D eigenvalue weighted by atomic mass is 16.6. The summed E-state index contributed by atoms with van der Waals surface area (Å²) in [5, 5.41) is 0. The highest BCUT2D eigenvalue weighted by Gasteiger charge is 2.34. The number of aryl methyl sites for hydroxylation is 1. The lowest BCUT2D eigenvalue weighted by Gasteiger charge is -2.38. The van der Waals surface area contributed by atoms with E-state index in [0.29, 0.717) is 52.7 Å². The molecule has 1 aliphatic heterocycles. The van der Waals surface area contributed by atoms with Gasteiger partial charge in [0.1, 0.15) is 30.5 Å². The van der Waals surface area contributed by atoms with Gasteiger partial charge in [-0.1, -0.05) is 72.8 Å². The largest absolute Gasteiger partial charge is 0.496 e. The van der Waals surface area contributed by atoms with Gasteiger partial charge in [0.2, 0.25) is 0 Å². The van der Waals surface area contributed by atoms with Crippen molar-refractivity contribution in [2.45, 2.75) is 51.6 Å². The molecule has 4 aromatic carbocycles. The fourth-order valence-corrected chi connectivity index (χ4v) is 5.87. The molecule has 0 spiro atoms. The fraction of sp³-hybridized carbons (Fsp3) is 0.375. The maximum atomic E-state index is 13.1. The van der Waals surface area contributed by atoms with Gasteiger partial charge in [0.25, 0.3) is 0 Å². The van der Waals surface area contributed by atoms with Crippen LogP contribution in [0.25, 0.3) is 0 Å². The molecule has 9 heteroatoms. The third-order valence-corrected chi connectivity index (χ3v) is 8.57. The Morgan fingerprint density at radius 3 is 2.41 bits per heavy atom. The molecule has 1 amide bonds. The standard InChI is InChI=1S/C40H48N2O7/c1-30-13-14-32(25-38(30)47-24-20-41)28-48-39-26-42(40(43)49-27-31-9-4-3-5-10-31)21-19-36(39)33-15-17-35(18-16-33)46-23-8-22-45-29-34-11-6-7-12-37(34)44-2/h3-7,9-18,25,36,39H,8,19-24,26-29,41H2,1-2H3. The molecule has 0 saturated carbocycles. The summed E-state index contributed by atoms with van der Waals surface area (Å²) < 4.78 is 35.3. The maximum absolute atomic E-state index is 13.1. The number of likely N-dealkylation sites (tertiary alicyclic amines) is 1. The summed E-state index contributed by atoms with van der Waals surface area (Å²) >= 11 is 0. The van der Waals surface area contributed by atoms with Crippen molar-refractivity contribution < 1.29 is 33.2 Å². The zero-order valence-electron chi connectivity index (χ0n) is 28.6. The molecule has 49 heavy (non-hydrogen) atoms. The summed E-state index contributed by atoms with van der Waals surface area (Å²) in [6, 6.07) is 31.9. The van der Waals surface area contributed by atoms with Crippen molar-refractivity contribution in [1.29, 1.82) is 0 Å². The van der Waals surface area contributed by atoms with E-state index >= 15 is 0 Å². The van der Waals surface area contributed by atoms with Crippen molar-refractivity contribution >= 4 is 6.09 Å². The van der Waals surface area contributed by atoms with E-state index in [1.807, 2.05) is 91.9 Å². The number of nitrogens with zero attached hydrogens (tertiary/aromatic N) is 1. The number of carbonyl (C=O) groups excluding carboxylic acids is 1. The van der Waals surface area contributed by atoms with Crippen molar-refractivity contribution in [2.75, 3.05) is 46.6 Å². The minimum atomic E-state index is -0.334. The van der Waals surface area contributed by atoms with Gasteiger partial charge in [0.05, 0.1) is 46.2 Å². The van der Waals surface area contributed by atoms with Crippen LogP contribution >= 0.6 is 0 Å². The number of amides is 1. The average molecular weight is 669 g/mol. The number of nitrogens with two attached hydrogens (primary N) is 1. The smallest absolute Gasteiger partial charge is 0.410 e. The Kier molecular flexibility index (Phi) is 13.7. The van der Waals surface area contributed by atoms with Gasteiger partial charge < -0.3 is 39.1 Å². The number of rotatable bonds is 17. The quantitative estimate of drug-likeness (QED) is 0.120. The summed E-state index contributed by atoms with van der Waals surface area (Å²) in [5.41, 5.74) is 10.8. The third-order valence-electron chi connectivity index (χ3n) is 8.57. The SMILES string of the molecule is COc1ccccc1COCCCOc1ccc(C2CCN(C(=O)OCc3ccccc3)CC2OCc2ccc(C)c(OCCN)c2)cc1. The predicted molar refractivity (Wildman–Crippen MR) is 189 cm³/mol. The molecule has 2 unspecified atom stereocenters. The molecule has 9 nitrogen and oxygen atoms in total. The number of hydrogen-bond donors (Lipinski definition) is 1. The van der Waals surface area contributed by atoms with Gasteiger partial charge in [-0.05, 0) is 59.9 Å². The van der Waals surface area contributed by atoms with Crippen molar-refractivity contribution in [3.63, 3.8) is 0 Å². The zero-order valence-corrected chi connectivity index (χ0v) is 28.6. The Labute approximate surface area is 289 Å². The van der Waals surface area contributed by atoms with Crippen LogP contribution in [0.1, 0.15) is 46.6 Å². The molecule has 0 aromatic heterocycles. The summed E-state index contributed by atoms with van der Waals surface area (Å²) in [7, 11) is 1.67. The number of piperidine rings is 1. The van der Waals surface area contributed by atoms with Crippen molar-refractivity contribution in [1.82, 2.24) is 4.90 Å². The minimum Gasteiger partial charge on any atom is -0.496 e. The second-order valence-corrected chi connectivity index (χ2v) is 12.1. The highest BCUT2D eigenvalue weighted by Crippen LogP contribution is 2.33. The second-order valence-electron chi connectivity index (χ2n) is 12.1.